The summed E-state index contributed by atoms with van der Waals surface area (Å²) >= 11 is 1.69. The van der Waals surface area contributed by atoms with Crippen molar-refractivity contribution >= 4 is 17.3 Å². The van der Waals surface area contributed by atoms with Crippen LogP contribution in [0.2, 0.25) is 0 Å². The number of ether oxygens (including phenoxy) is 1. The van der Waals surface area contributed by atoms with Gasteiger partial charge in [0.25, 0.3) is 0 Å². The molecule has 3 rings (SSSR count). The van der Waals surface area contributed by atoms with Crippen LogP contribution in [0.5, 0.6) is 0 Å². The van der Waals surface area contributed by atoms with Crippen molar-refractivity contribution in [1.29, 1.82) is 0 Å². The van der Waals surface area contributed by atoms with E-state index in [1.807, 2.05) is 18.2 Å². The molecular formula is C17H20N2O2S. The summed E-state index contributed by atoms with van der Waals surface area (Å²) in [6.07, 6.45) is 1.75. The van der Waals surface area contributed by atoms with Gasteiger partial charge in [-0.05, 0) is 25.9 Å². The Balaban J connectivity index is 1.57. The van der Waals surface area contributed by atoms with Crippen molar-refractivity contribution in [2.75, 3.05) is 20.2 Å². The van der Waals surface area contributed by atoms with Gasteiger partial charge in [0, 0.05) is 17.5 Å². The number of hydrogen-bond acceptors (Lipinski definition) is 5. The maximum Gasteiger partial charge on any atom is 0.308 e. The summed E-state index contributed by atoms with van der Waals surface area (Å²) in [5, 5.41) is 3.20. The smallest absolute Gasteiger partial charge is 0.308 e. The zero-order valence-electron chi connectivity index (χ0n) is 12.7. The van der Waals surface area contributed by atoms with Gasteiger partial charge < -0.3 is 4.74 Å². The Morgan fingerprint density at radius 1 is 1.32 bits per heavy atom. The maximum atomic E-state index is 11.5. The lowest BCUT2D eigenvalue weighted by Crippen LogP contribution is -2.36. The van der Waals surface area contributed by atoms with Gasteiger partial charge in [0.05, 0.1) is 18.7 Å². The SMILES string of the molecule is COC(=O)C1CCN(Cc2csc(-c3ccccc3)n2)CC1. The summed E-state index contributed by atoms with van der Waals surface area (Å²) < 4.78 is 4.83. The number of likely N-dealkylation sites (tertiary alicyclic amines) is 1. The number of benzene rings is 1. The van der Waals surface area contributed by atoms with Crippen molar-refractivity contribution in [1.82, 2.24) is 9.88 Å². The van der Waals surface area contributed by atoms with Gasteiger partial charge in [-0.2, -0.15) is 0 Å². The number of hydrogen-bond donors (Lipinski definition) is 0. The molecule has 0 atom stereocenters. The maximum absolute atomic E-state index is 11.5. The molecule has 0 unspecified atom stereocenters. The normalized spacial score (nSPS) is 16.6. The van der Waals surface area contributed by atoms with Crippen LogP contribution < -0.4 is 0 Å². The second-order valence-corrected chi connectivity index (χ2v) is 6.44. The van der Waals surface area contributed by atoms with Crippen LogP contribution in [0.1, 0.15) is 18.5 Å². The van der Waals surface area contributed by atoms with Crippen molar-refractivity contribution < 1.29 is 9.53 Å². The Kier molecular flexibility index (Phi) is 4.85. The molecule has 1 saturated heterocycles. The molecule has 0 N–H and O–H groups in total. The molecule has 0 saturated carbocycles. The third kappa shape index (κ3) is 3.54. The van der Waals surface area contributed by atoms with Gasteiger partial charge in [0.15, 0.2) is 0 Å². The van der Waals surface area contributed by atoms with Crippen LogP contribution in [0, 0.1) is 5.92 Å². The van der Waals surface area contributed by atoms with Gasteiger partial charge in [-0.3, -0.25) is 9.69 Å². The van der Waals surface area contributed by atoms with Crippen LogP contribution in [0.15, 0.2) is 35.7 Å². The average Bonchev–Trinajstić information content (AvgIpc) is 3.04. The highest BCUT2D eigenvalue weighted by molar-refractivity contribution is 7.13. The molecule has 0 amide bonds. The van der Waals surface area contributed by atoms with Crippen LogP contribution in [0.25, 0.3) is 10.6 Å². The Hall–Kier alpha value is -1.72. The fourth-order valence-corrected chi connectivity index (χ4v) is 3.63. The Bertz CT molecular complexity index is 619. The number of piperidine rings is 1. The Morgan fingerprint density at radius 2 is 2.05 bits per heavy atom. The zero-order valence-corrected chi connectivity index (χ0v) is 13.5. The van der Waals surface area contributed by atoms with E-state index in [0.29, 0.717) is 0 Å². The Morgan fingerprint density at radius 3 is 2.73 bits per heavy atom. The summed E-state index contributed by atoms with van der Waals surface area (Å²) in [5.41, 5.74) is 2.28. The molecule has 2 heterocycles. The topological polar surface area (TPSA) is 42.4 Å². The fraction of sp³-hybridized carbons (Fsp3) is 0.412. The number of esters is 1. The van der Waals surface area contributed by atoms with E-state index in [1.165, 1.54) is 12.7 Å². The molecule has 0 spiro atoms. The van der Waals surface area contributed by atoms with E-state index in [1.54, 1.807) is 11.3 Å². The molecule has 2 aromatic rings. The molecule has 0 radical (unpaired) electrons. The lowest BCUT2D eigenvalue weighted by Gasteiger charge is -2.29. The van der Waals surface area contributed by atoms with Crippen LogP contribution >= 0.6 is 11.3 Å². The van der Waals surface area contributed by atoms with Gasteiger partial charge in [-0.25, -0.2) is 4.98 Å². The first-order chi connectivity index (χ1) is 10.8. The van der Waals surface area contributed by atoms with Crippen LogP contribution in [0.3, 0.4) is 0 Å². The average molecular weight is 316 g/mol. The molecule has 116 valence electrons. The summed E-state index contributed by atoms with van der Waals surface area (Å²) in [6, 6.07) is 10.3. The zero-order chi connectivity index (χ0) is 15.4. The van der Waals surface area contributed by atoms with E-state index in [4.69, 9.17) is 9.72 Å². The molecule has 0 aliphatic carbocycles. The quantitative estimate of drug-likeness (QED) is 0.813. The summed E-state index contributed by atoms with van der Waals surface area (Å²) in [4.78, 5) is 18.6. The van der Waals surface area contributed by atoms with Crippen molar-refractivity contribution in [2.45, 2.75) is 19.4 Å². The predicted molar refractivity (Wildman–Crippen MR) is 87.6 cm³/mol. The van der Waals surface area contributed by atoms with E-state index >= 15 is 0 Å². The highest BCUT2D eigenvalue weighted by Gasteiger charge is 2.25. The van der Waals surface area contributed by atoms with Crippen LogP contribution in [-0.4, -0.2) is 36.1 Å². The molecule has 5 heteroatoms. The molecule has 1 fully saturated rings. The van der Waals surface area contributed by atoms with Gasteiger partial charge in [-0.15, -0.1) is 11.3 Å². The molecule has 0 bridgehead atoms. The largest absolute Gasteiger partial charge is 0.469 e. The number of methoxy groups -OCH3 is 1. The summed E-state index contributed by atoms with van der Waals surface area (Å²) in [5.74, 6) is -0.00349. The second kappa shape index (κ2) is 7.03. The monoisotopic (exact) mass is 316 g/mol. The molecule has 1 aromatic heterocycles. The molecule has 1 aliphatic rings. The number of aromatic nitrogens is 1. The number of carbonyl (C=O) groups excluding carboxylic acids is 1. The number of nitrogens with zero attached hydrogens (tertiary/aromatic N) is 2. The predicted octanol–water partition coefficient (Wildman–Crippen LogP) is 3.20. The van der Waals surface area contributed by atoms with Crippen LogP contribution in [0.4, 0.5) is 0 Å². The minimum absolute atomic E-state index is 0.0663. The number of rotatable bonds is 4. The van der Waals surface area contributed by atoms with E-state index in [9.17, 15) is 4.79 Å². The van der Waals surface area contributed by atoms with Crippen molar-refractivity contribution in [3.8, 4) is 10.6 Å². The van der Waals surface area contributed by atoms with E-state index in [0.717, 1.165) is 43.2 Å². The standard InChI is InChI=1S/C17H20N2O2S/c1-21-17(20)14-7-9-19(10-8-14)11-15-12-22-16(18-15)13-5-3-2-4-6-13/h2-6,12,14H,7-11H2,1H3. The molecule has 22 heavy (non-hydrogen) atoms. The molecule has 4 nitrogen and oxygen atoms in total. The molecule has 1 aliphatic heterocycles. The van der Waals surface area contributed by atoms with E-state index < -0.39 is 0 Å². The lowest BCUT2D eigenvalue weighted by atomic mass is 9.97. The third-order valence-corrected chi connectivity index (χ3v) is 5.02. The minimum Gasteiger partial charge on any atom is -0.469 e. The molecule has 1 aromatic carbocycles. The molecular weight excluding hydrogens is 296 g/mol. The minimum atomic E-state index is -0.0697. The highest BCUT2D eigenvalue weighted by atomic mass is 32.1. The third-order valence-electron chi connectivity index (χ3n) is 4.08. The second-order valence-electron chi connectivity index (χ2n) is 5.58. The van der Waals surface area contributed by atoms with Crippen molar-refractivity contribution in [3.63, 3.8) is 0 Å². The lowest BCUT2D eigenvalue weighted by molar-refractivity contribution is -0.147. The van der Waals surface area contributed by atoms with Crippen molar-refractivity contribution in [3.05, 3.63) is 41.4 Å². The van der Waals surface area contributed by atoms with Crippen LogP contribution in [-0.2, 0) is 16.1 Å². The first kappa shape index (κ1) is 15.2. The first-order valence-electron chi connectivity index (χ1n) is 7.56. The van der Waals surface area contributed by atoms with E-state index in [-0.39, 0.29) is 11.9 Å². The fourth-order valence-electron chi connectivity index (χ4n) is 2.82. The first-order valence-corrected chi connectivity index (χ1v) is 8.44. The number of carbonyl (C=O) groups is 1. The number of thiazole rings is 1. The van der Waals surface area contributed by atoms with Crippen molar-refractivity contribution in [2.24, 2.45) is 5.92 Å². The highest BCUT2D eigenvalue weighted by Crippen LogP contribution is 2.25. The summed E-state index contributed by atoms with van der Waals surface area (Å²) in [6.45, 7) is 2.72. The van der Waals surface area contributed by atoms with Gasteiger partial charge >= 0.3 is 5.97 Å². The summed E-state index contributed by atoms with van der Waals surface area (Å²) in [7, 11) is 1.47. The van der Waals surface area contributed by atoms with Gasteiger partial charge in [0.2, 0.25) is 0 Å². The van der Waals surface area contributed by atoms with Gasteiger partial charge in [0.1, 0.15) is 5.01 Å². The van der Waals surface area contributed by atoms with Gasteiger partial charge in [-0.1, -0.05) is 30.3 Å². The Labute approximate surface area is 134 Å². The van der Waals surface area contributed by atoms with E-state index in [2.05, 4.69) is 22.4 Å².